The molecule has 88 valence electrons. The number of nitrogens with zero attached hydrogens (tertiary/aromatic N) is 1. The van der Waals surface area contributed by atoms with Crippen LogP contribution < -0.4 is 11.2 Å². The number of H-pyrrole nitrogens is 1. The summed E-state index contributed by atoms with van der Waals surface area (Å²) in [4.78, 5) is 25.3. The molecule has 0 bridgehead atoms. The molecule has 16 heavy (non-hydrogen) atoms. The molecule has 0 unspecified atom stereocenters. The third-order valence-electron chi connectivity index (χ3n) is 2.94. The number of nitrogens with one attached hydrogen (secondary N) is 1. The minimum absolute atomic E-state index is 0.175. The molecule has 1 saturated heterocycles. The SMILES string of the molecule is CCc1cn([C@H]2CC[C@@H](C)O2)c(=O)[nH]c1=O. The highest BCUT2D eigenvalue weighted by molar-refractivity contribution is 5.04. The molecule has 1 aromatic heterocycles. The zero-order valence-corrected chi connectivity index (χ0v) is 9.53. The first-order valence-corrected chi connectivity index (χ1v) is 5.61. The predicted molar refractivity (Wildman–Crippen MR) is 59.5 cm³/mol. The van der Waals surface area contributed by atoms with E-state index >= 15 is 0 Å². The summed E-state index contributed by atoms with van der Waals surface area (Å²) in [5, 5.41) is 0. The Morgan fingerprint density at radius 1 is 1.50 bits per heavy atom. The second-order valence-electron chi connectivity index (χ2n) is 4.15. The van der Waals surface area contributed by atoms with Crippen molar-refractivity contribution in [2.45, 2.75) is 45.4 Å². The molecule has 0 aromatic carbocycles. The first kappa shape index (κ1) is 11.1. The molecule has 5 nitrogen and oxygen atoms in total. The summed E-state index contributed by atoms with van der Waals surface area (Å²) in [6, 6.07) is 0. The van der Waals surface area contributed by atoms with Crippen molar-refractivity contribution in [2.24, 2.45) is 0 Å². The molecular formula is C11H16N2O3. The lowest BCUT2D eigenvalue weighted by Crippen LogP contribution is -2.34. The van der Waals surface area contributed by atoms with Gasteiger partial charge >= 0.3 is 5.69 Å². The Bertz CT molecular complexity index is 489. The van der Waals surface area contributed by atoms with E-state index in [9.17, 15) is 9.59 Å². The van der Waals surface area contributed by atoms with Crippen LogP contribution in [-0.2, 0) is 11.2 Å². The van der Waals surface area contributed by atoms with Crippen molar-refractivity contribution in [3.63, 3.8) is 0 Å². The highest BCUT2D eigenvalue weighted by Crippen LogP contribution is 2.26. The molecule has 2 heterocycles. The normalized spacial score (nSPS) is 24.9. The van der Waals surface area contributed by atoms with E-state index in [1.807, 2.05) is 13.8 Å². The van der Waals surface area contributed by atoms with Crippen LogP contribution in [0.4, 0.5) is 0 Å². The van der Waals surface area contributed by atoms with Gasteiger partial charge in [0.15, 0.2) is 0 Å². The van der Waals surface area contributed by atoms with Crippen LogP contribution in [0.1, 0.15) is 38.5 Å². The van der Waals surface area contributed by atoms with Crippen molar-refractivity contribution < 1.29 is 4.74 Å². The molecule has 0 saturated carbocycles. The molecule has 2 rings (SSSR count). The molecule has 5 heteroatoms. The second kappa shape index (κ2) is 4.25. The van der Waals surface area contributed by atoms with Gasteiger partial charge in [-0.1, -0.05) is 6.92 Å². The molecule has 1 aliphatic rings. The fraction of sp³-hybridized carbons (Fsp3) is 0.636. The van der Waals surface area contributed by atoms with Crippen molar-refractivity contribution in [3.8, 4) is 0 Å². The smallest absolute Gasteiger partial charge is 0.330 e. The van der Waals surface area contributed by atoms with Crippen LogP contribution in [0.25, 0.3) is 0 Å². The maximum absolute atomic E-state index is 11.6. The third-order valence-corrected chi connectivity index (χ3v) is 2.94. The van der Waals surface area contributed by atoms with E-state index in [-0.39, 0.29) is 23.6 Å². The van der Waals surface area contributed by atoms with Crippen molar-refractivity contribution >= 4 is 0 Å². The lowest BCUT2D eigenvalue weighted by atomic mass is 10.2. The van der Waals surface area contributed by atoms with Gasteiger partial charge in [-0.05, 0) is 26.2 Å². The van der Waals surface area contributed by atoms with Crippen LogP contribution in [0.5, 0.6) is 0 Å². The van der Waals surface area contributed by atoms with Gasteiger partial charge in [-0.15, -0.1) is 0 Å². The van der Waals surface area contributed by atoms with Gasteiger partial charge in [-0.3, -0.25) is 14.3 Å². The van der Waals surface area contributed by atoms with E-state index in [1.165, 1.54) is 4.57 Å². The Morgan fingerprint density at radius 3 is 2.81 bits per heavy atom. The Labute approximate surface area is 93.1 Å². The highest BCUT2D eigenvalue weighted by Gasteiger charge is 2.24. The molecule has 2 atom stereocenters. The van der Waals surface area contributed by atoms with Gasteiger partial charge in [0.05, 0.1) is 6.10 Å². The van der Waals surface area contributed by atoms with Crippen molar-refractivity contribution in [2.75, 3.05) is 0 Å². The second-order valence-corrected chi connectivity index (χ2v) is 4.15. The minimum Gasteiger partial charge on any atom is -0.355 e. The number of aryl methyl sites for hydroxylation is 1. The lowest BCUT2D eigenvalue weighted by Gasteiger charge is -2.14. The Balaban J connectivity index is 2.41. The largest absolute Gasteiger partial charge is 0.355 e. The minimum atomic E-state index is -0.388. The summed E-state index contributed by atoms with van der Waals surface area (Å²) in [6.45, 7) is 3.87. The van der Waals surface area contributed by atoms with Crippen molar-refractivity contribution in [3.05, 3.63) is 32.6 Å². The number of aromatic nitrogens is 2. The summed E-state index contributed by atoms with van der Waals surface area (Å²) in [5.41, 5.74) is -0.0705. The van der Waals surface area contributed by atoms with Crippen molar-refractivity contribution in [1.29, 1.82) is 0 Å². The highest BCUT2D eigenvalue weighted by atomic mass is 16.5. The summed E-state index contributed by atoms with van der Waals surface area (Å²) in [5.74, 6) is 0. The lowest BCUT2D eigenvalue weighted by molar-refractivity contribution is 0.00777. The van der Waals surface area contributed by atoms with E-state index in [0.29, 0.717) is 12.0 Å². The van der Waals surface area contributed by atoms with Gasteiger partial charge in [-0.25, -0.2) is 4.79 Å². The summed E-state index contributed by atoms with van der Waals surface area (Å²) in [7, 11) is 0. The first-order chi connectivity index (χ1) is 7.61. The molecule has 1 aliphatic heterocycles. The molecule has 0 aliphatic carbocycles. The van der Waals surface area contributed by atoms with E-state index < -0.39 is 0 Å². The maximum Gasteiger partial charge on any atom is 0.330 e. The van der Waals surface area contributed by atoms with Gasteiger partial charge in [-0.2, -0.15) is 0 Å². The zero-order valence-electron chi connectivity index (χ0n) is 9.53. The van der Waals surface area contributed by atoms with Crippen LogP contribution in [-0.4, -0.2) is 15.7 Å². The van der Waals surface area contributed by atoms with Gasteiger partial charge in [0.2, 0.25) is 0 Å². The van der Waals surface area contributed by atoms with Gasteiger partial charge < -0.3 is 4.74 Å². The standard InChI is InChI=1S/C11H16N2O3/c1-3-8-6-13(11(15)12-10(8)14)9-5-4-7(2)16-9/h6-7,9H,3-5H2,1-2H3,(H,12,14,15)/t7-,9-/m1/s1. The average Bonchev–Trinajstić information content (AvgIpc) is 2.65. The molecule has 1 aromatic rings. The maximum atomic E-state index is 11.6. The average molecular weight is 224 g/mol. The summed E-state index contributed by atoms with van der Waals surface area (Å²) >= 11 is 0. The summed E-state index contributed by atoms with van der Waals surface area (Å²) in [6.07, 6.45) is 3.92. The van der Waals surface area contributed by atoms with Crippen LogP contribution in [0, 0.1) is 0 Å². The quantitative estimate of drug-likeness (QED) is 0.808. The van der Waals surface area contributed by atoms with Crippen LogP contribution in [0.2, 0.25) is 0 Å². The number of aromatic amines is 1. The monoisotopic (exact) mass is 224 g/mol. The number of hydrogen-bond donors (Lipinski definition) is 1. The Kier molecular flexibility index (Phi) is 2.96. The molecule has 0 spiro atoms. The fourth-order valence-electron chi connectivity index (χ4n) is 1.98. The topological polar surface area (TPSA) is 64.1 Å². The van der Waals surface area contributed by atoms with Crippen molar-refractivity contribution in [1.82, 2.24) is 9.55 Å². The molecule has 1 N–H and O–H groups in total. The van der Waals surface area contributed by atoms with Gasteiger partial charge in [0.1, 0.15) is 6.23 Å². The predicted octanol–water partition coefficient (Wildman–Crippen LogP) is 0.796. The molecular weight excluding hydrogens is 208 g/mol. The Morgan fingerprint density at radius 2 is 2.25 bits per heavy atom. The number of ether oxygens (including phenoxy) is 1. The van der Waals surface area contributed by atoms with Gasteiger partial charge in [0, 0.05) is 11.8 Å². The zero-order chi connectivity index (χ0) is 11.7. The Hall–Kier alpha value is -1.36. The first-order valence-electron chi connectivity index (χ1n) is 5.61. The number of hydrogen-bond acceptors (Lipinski definition) is 3. The third kappa shape index (κ3) is 1.95. The number of rotatable bonds is 2. The van der Waals surface area contributed by atoms with E-state index in [1.54, 1.807) is 6.20 Å². The molecule has 0 amide bonds. The van der Waals surface area contributed by atoms with Crippen LogP contribution >= 0.6 is 0 Å². The van der Waals surface area contributed by atoms with E-state index in [2.05, 4.69) is 4.98 Å². The summed E-state index contributed by atoms with van der Waals surface area (Å²) < 4.78 is 7.10. The van der Waals surface area contributed by atoms with Crippen LogP contribution in [0.3, 0.4) is 0 Å². The fourth-order valence-corrected chi connectivity index (χ4v) is 1.98. The van der Waals surface area contributed by atoms with E-state index in [0.717, 1.165) is 12.8 Å². The van der Waals surface area contributed by atoms with E-state index in [4.69, 9.17) is 4.74 Å². The van der Waals surface area contributed by atoms with Gasteiger partial charge in [0.25, 0.3) is 5.56 Å². The molecule has 0 radical (unpaired) electrons. The van der Waals surface area contributed by atoms with Crippen LogP contribution in [0.15, 0.2) is 15.8 Å². The molecule has 1 fully saturated rings.